The number of hydrogen-bond acceptors (Lipinski definition) is 5. The van der Waals surface area contributed by atoms with Gasteiger partial charge in [-0.3, -0.25) is 14.2 Å². The SMILES string of the molecule is O=C(O)CCCCCOc1ccccc1Cn1cnc2cc(-c3ccco3)ccc2c1=O. The molecule has 2 aromatic heterocycles. The second kappa shape index (κ2) is 9.96. The first-order valence-corrected chi connectivity index (χ1v) is 10.6. The van der Waals surface area contributed by atoms with Crippen LogP contribution < -0.4 is 10.3 Å². The number of furan rings is 1. The summed E-state index contributed by atoms with van der Waals surface area (Å²) in [4.78, 5) is 28.1. The lowest BCUT2D eigenvalue weighted by molar-refractivity contribution is -0.137. The van der Waals surface area contributed by atoms with Crippen molar-refractivity contribution < 1.29 is 19.1 Å². The Morgan fingerprint density at radius 2 is 1.94 bits per heavy atom. The van der Waals surface area contributed by atoms with E-state index in [-0.39, 0.29) is 12.0 Å². The minimum Gasteiger partial charge on any atom is -0.493 e. The van der Waals surface area contributed by atoms with Gasteiger partial charge in [-0.05, 0) is 49.6 Å². The van der Waals surface area contributed by atoms with Crippen LogP contribution in [-0.4, -0.2) is 27.2 Å². The van der Waals surface area contributed by atoms with Gasteiger partial charge in [-0.25, -0.2) is 4.98 Å². The van der Waals surface area contributed by atoms with E-state index in [1.165, 1.54) is 0 Å². The molecule has 0 radical (unpaired) electrons. The van der Waals surface area contributed by atoms with Crippen LogP contribution in [0, 0.1) is 0 Å². The largest absolute Gasteiger partial charge is 0.493 e. The fourth-order valence-corrected chi connectivity index (χ4v) is 3.56. The lowest BCUT2D eigenvalue weighted by Gasteiger charge is -2.13. The van der Waals surface area contributed by atoms with Crippen molar-refractivity contribution in [2.45, 2.75) is 32.2 Å². The van der Waals surface area contributed by atoms with E-state index >= 15 is 0 Å². The van der Waals surface area contributed by atoms with Crippen molar-refractivity contribution in [1.29, 1.82) is 0 Å². The molecule has 2 aromatic carbocycles. The van der Waals surface area contributed by atoms with Crippen LogP contribution in [0.25, 0.3) is 22.2 Å². The minimum absolute atomic E-state index is 0.121. The fourth-order valence-electron chi connectivity index (χ4n) is 3.56. The molecule has 4 rings (SSSR count). The zero-order valence-electron chi connectivity index (χ0n) is 17.6. The highest BCUT2D eigenvalue weighted by Gasteiger charge is 2.10. The summed E-state index contributed by atoms with van der Waals surface area (Å²) in [6, 6.07) is 16.8. The Balaban J connectivity index is 1.47. The number of rotatable bonds is 10. The van der Waals surface area contributed by atoms with Crippen molar-refractivity contribution in [3.05, 3.63) is 83.1 Å². The standard InChI is InChI=1S/C25H24N2O5/c28-24(29)10-2-1-5-13-31-23-8-4-3-7-19(23)16-27-17-26-21-15-18(22-9-6-14-32-22)11-12-20(21)25(27)30/h3-4,6-9,11-12,14-15,17H,1-2,5,10,13,16H2,(H,28,29). The highest BCUT2D eigenvalue weighted by atomic mass is 16.5. The summed E-state index contributed by atoms with van der Waals surface area (Å²) in [6.45, 7) is 0.841. The van der Waals surface area contributed by atoms with Gasteiger partial charge in [-0.1, -0.05) is 24.3 Å². The Bertz CT molecular complexity index is 1260. The molecule has 0 amide bonds. The zero-order valence-corrected chi connectivity index (χ0v) is 17.6. The molecule has 0 saturated heterocycles. The third kappa shape index (κ3) is 5.06. The second-order valence-electron chi connectivity index (χ2n) is 7.55. The Kier molecular flexibility index (Phi) is 6.65. The third-order valence-corrected chi connectivity index (χ3v) is 5.24. The number of aromatic nitrogens is 2. The van der Waals surface area contributed by atoms with Crippen molar-refractivity contribution in [3.8, 4) is 17.1 Å². The summed E-state index contributed by atoms with van der Waals surface area (Å²) in [7, 11) is 0. The summed E-state index contributed by atoms with van der Waals surface area (Å²) >= 11 is 0. The van der Waals surface area contributed by atoms with Crippen molar-refractivity contribution in [2.75, 3.05) is 6.61 Å². The van der Waals surface area contributed by atoms with Gasteiger partial charge in [0.2, 0.25) is 0 Å². The predicted octanol–water partition coefficient (Wildman–Crippen LogP) is 4.73. The van der Waals surface area contributed by atoms with Crippen molar-refractivity contribution in [1.82, 2.24) is 9.55 Å². The Morgan fingerprint density at radius 1 is 1.06 bits per heavy atom. The second-order valence-corrected chi connectivity index (χ2v) is 7.55. The van der Waals surface area contributed by atoms with Gasteiger partial charge in [0.15, 0.2) is 0 Å². The number of nitrogens with zero attached hydrogens (tertiary/aromatic N) is 2. The maximum Gasteiger partial charge on any atom is 0.303 e. The van der Waals surface area contributed by atoms with Crippen LogP contribution in [0.4, 0.5) is 0 Å². The number of aliphatic carboxylic acids is 1. The van der Waals surface area contributed by atoms with Crippen LogP contribution in [0.3, 0.4) is 0 Å². The highest BCUT2D eigenvalue weighted by molar-refractivity contribution is 5.82. The first kappa shape index (κ1) is 21.4. The maximum atomic E-state index is 13.0. The normalized spacial score (nSPS) is 11.0. The molecule has 0 aliphatic carbocycles. The molecule has 0 aliphatic heterocycles. The summed E-state index contributed by atoms with van der Waals surface area (Å²) in [5.74, 6) is 0.667. The van der Waals surface area contributed by atoms with E-state index in [9.17, 15) is 9.59 Å². The van der Waals surface area contributed by atoms with Crippen LogP contribution >= 0.6 is 0 Å². The molecule has 2 heterocycles. The maximum absolute atomic E-state index is 13.0. The molecule has 4 aromatic rings. The molecule has 0 aliphatic rings. The molecule has 7 heteroatoms. The Morgan fingerprint density at radius 3 is 2.75 bits per heavy atom. The van der Waals surface area contributed by atoms with E-state index in [0.29, 0.717) is 36.2 Å². The summed E-state index contributed by atoms with van der Waals surface area (Å²) in [5.41, 5.74) is 2.25. The van der Waals surface area contributed by atoms with Gasteiger partial charge < -0.3 is 14.3 Å². The van der Waals surface area contributed by atoms with Crippen LogP contribution in [0.5, 0.6) is 5.75 Å². The molecule has 1 N–H and O–H groups in total. The number of unbranched alkanes of at least 4 members (excludes halogenated alkanes) is 2. The lowest BCUT2D eigenvalue weighted by atomic mass is 10.1. The van der Waals surface area contributed by atoms with Gasteiger partial charge in [0.05, 0.1) is 36.6 Å². The molecule has 0 unspecified atom stereocenters. The number of hydrogen-bond donors (Lipinski definition) is 1. The van der Waals surface area contributed by atoms with E-state index in [2.05, 4.69) is 4.98 Å². The Labute approximate surface area is 184 Å². The molecule has 0 bridgehead atoms. The topological polar surface area (TPSA) is 94.6 Å². The fraction of sp³-hybridized carbons (Fsp3) is 0.240. The summed E-state index contributed by atoms with van der Waals surface area (Å²) in [5, 5.41) is 9.24. The molecule has 0 fully saturated rings. The average molecular weight is 432 g/mol. The Hall–Kier alpha value is -3.87. The van der Waals surface area contributed by atoms with E-state index in [1.54, 1.807) is 23.2 Å². The van der Waals surface area contributed by atoms with Crippen LogP contribution in [0.2, 0.25) is 0 Å². The number of benzene rings is 2. The highest BCUT2D eigenvalue weighted by Crippen LogP contribution is 2.23. The summed E-state index contributed by atoms with van der Waals surface area (Å²) < 4.78 is 12.9. The molecule has 164 valence electrons. The van der Waals surface area contributed by atoms with E-state index in [0.717, 1.165) is 29.7 Å². The zero-order chi connectivity index (χ0) is 22.3. The van der Waals surface area contributed by atoms with Gasteiger partial charge in [-0.15, -0.1) is 0 Å². The van der Waals surface area contributed by atoms with Gasteiger partial charge >= 0.3 is 5.97 Å². The van der Waals surface area contributed by atoms with Crippen molar-refractivity contribution in [2.24, 2.45) is 0 Å². The molecule has 7 nitrogen and oxygen atoms in total. The first-order valence-electron chi connectivity index (χ1n) is 10.6. The molecule has 32 heavy (non-hydrogen) atoms. The molecule has 0 spiro atoms. The van der Waals surface area contributed by atoms with Gasteiger partial charge in [-0.2, -0.15) is 0 Å². The lowest BCUT2D eigenvalue weighted by Crippen LogP contribution is -2.21. The third-order valence-electron chi connectivity index (χ3n) is 5.24. The number of carbonyl (C=O) groups is 1. The van der Waals surface area contributed by atoms with Crippen LogP contribution in [0.15, 0.2) is 76.4 Å². The van der Waals surface area contributed by atoms with Gasteiger partial charge in [0.1, 0.15) is 11.5 Å². The van der Waals surface area contributed by atoms with Crippen LogP contribution in [-0.2, 0) is 11.3 Å². The number of para-hydroxylation sites is 1. The number of carboxylic acid groups (broad SMARTS) is 1. The van der Waals surface area contributed by atoms with Gasteiger partial charge in [0, 0.05) is 17.5 Å². The molecular formula is C25H24N2O5. The molecule has 0 saturated carbocycles. The van der Waals surface area contributed by atoms with Gasteiger partial charge in [0.25, 0.3) is 5.56 Å². The number of ether oxygens (including phenoxy) is 1. The monoisotopic (exact) mass is 432 g/mol. The van der Waals surface area contributed by atoms with E-state index < -0.39 is 5.97 Å². The van der Waals surface area contributed by atoms with E-state index in [1.807, 2.05) is 48.5 Å². The molecule has 0 atom stereocenters. The van der Waals surface area contributed by atoms with E-state index in [4.69, 9.17) is 14.3 Å². The quantitative estimate of drug-likeness (QED) is 0.364. The average Bonchev–Trinajstić information content (AvgIpc) is 3.33. The molecular weight excluding hydrogens is 408 g/mol. The number of fused-ring (bicyclic) bond motifs is 1. The van der Waals surface area contributed by atoms with Crippen LogP contribution in [0.1, 0.15) is 31.2 Å². The van der Waals surface area contributed by atoms with Crippen molar-refractivity contribution in [3.63, 3.8) is 0 Å². The minimum atomic E-state index is -0.775. The van der Waals surface area contributed by atoms with Crippen molar-refractivity contribution >= 4 is 16.9 Å². The predicted molar refractivity (Wildman–Crippen MR) is 121 cm³/mol. The first-order chi connectivity index (χ1) is 15.6. The number of carboxylic acids is 1. The smallest absolute Gasteiger partial charge is 0.303 e. The summed E-state index contributed by atoms with van der Waals surface area (Å²) in [6.07, 6.45) is 5.55.